The molecule has 3 amide bonds. The molecule has 6 nitrogen and oxygen atoms in total. The monoisotopic (exact) mass is 476 g/mol. The third kappa shape index (κ3) is 5.39. The van der Waals surface area contributed by atoms with Crippen molar-refractivity contribution in [2.24, 2.45) is 0 Å². The molecule has 1 aliphatic rings. The van der Waals surface area contributed by atoms with Crippen molar-refractivity contribution in [3.8, 4) is 0 Å². The maximum absolute atomic E-state index is 13.6. The van der Waals surface area contributed by atoms with E-state index in [9.17, 15) is 14.0 Å². The molecule has 1 N–H and O–H groups in total. The molecule has 1 aromatic heterocycles. The maximum atomic E-state index is 13.6. The summed E-state index contributed by atoms with van der Waals surface area (Å²) < 4.78 is 15.7. The molecule has 4 rings (SSSR count). The minimum absolute atomic E-state index is 0.0496. The van der Waals surface area contributed by atoms with Gasteiger partial charge in [-0.3, -0.25) is 4.79 Å². The Morgan fingerprint density at radius 3 is 2.31 bits per heavy atom. The summed E-state index contributed by atoms with van der Waals surface area (Å²) in [6.07, 6.45) is 1.99. The third-order valence-electron chi connectivity index (χ3n) is 6.56. The number of halogens is 1. The number of urea groups is 1. The van der Waals surface area contributed by atoms with Crippen molar-refractivity contribution < 1.29 is 14.0 Å². The van der Waals surface area contributed by atoms with Crippen LogP contribution in [-0.2, 0) is 11.3 Å². The molecule has 2 heterocycles. The molecule has 3 aromatic rings. The van der Waals surface area contributed by atoms with Gasteiger partial charge >= 0.3 is 6.03 Å². The normalized spacial score (nSPS) is 15.3. The zero-order chi connectivity index (χ0) is 25.1. The molecule has 0 spiro atoms. The fourth-order valence-electron chi connectivity index (χ4n) is 4.52. The lowest BCUT2D eigenvalue weighted by molar-refractivity contribution is -0.134. The van der Waals surface area contributed by atoms with Gasteiger partial charge in [0.25, 0.3) is 0 Å². The number of hydrogen-bond donors (Lipinski definition) is 1. The molecule has 0 saturated carbocycles. The van der Waals surface area contributed by atoms with Crippen LogP contribution < -0.4 is 5.32 Å². The zero-order valence-electron chi connectivity index (χ0n) is 20.7. The lowest BCUT2D eigenvalue weighted by Crippen LogP contribution is -2.50. The highest BCUT2D eigenvalue weighted by atomic mass is 19.1. The lowest BCUT2D eigenvalue weighted by Gasteiger charge is -2.39. The van der Waals surface area contributed by atoms with Gasteiger partial charge in [-0.05, 0) is 67.3 Å². The summed E-state index contributed by atoms with van der Waals surface area (Å²) in [7, 11) is 0. The average molecular weight is 477 g/mol. The number of anilines is 1. The van der Waals surface area contributed by atoms with E-state index < -0.39 is 0 Å². The quantitative estimate of drug-likeness (QED) is 0.502. The van der Waals surface area contributed by atoms with Crippen LogP contribution in [0.2, 0.25) is 0 Å². The van der Waals surface area contributed by atoms with Crippen LogP contribution in [0.1, 0.15) is 56.5 Å². The summed E-state index contributed by atoms with van der Waals surface area (Å²) in [5.74, 6) is -0.0584. The molecule has 7 heteroatoms. The Kier molecular flexibility index (Phi) is 7.24. The highest BCUT2D eigenvalue weighted by molar-refractivity contribution is 5.92. The minimum atomic E-state index is -0.340. The molecule has 1 atom stereocenters. The SMILES string of the molecule is CC(C)c1ccc(NC(=O)N(CC(=O)N2CCn3cccc3C2c2ccc(F)cc2)C(C)C)cc1. The Morgan fingerprint density at radius 2 is 1.69 bits per heavy atom. The van der Waals surface area contributed by atoms with Gasteiger partial charge in [-0.15, -0.1) is 0 Å². The van der Waals surface area contributed by atoms with E-state index in [-0.39, 0.29) is 36.4 Å². The van der Waals surface area contributed by atoms with Gasteiger partial charge in [-0.25, -0.2) is 9.18 Å². The van der Waals surface area contributed by atoms with Crippen molar-refractivity contribution in [2.45, 2.75) is 52.2 Å². The Bertz CT molecular complexity index is 1170. The smallest absolute Gasteiger partial charge is 0.322 e. The van der Waals surface area contributed by atoms with E-state index in [1.165, 1.54) is 17.7 Å². The molecule has 0 radical (unpaired) electrons. The van der Waals surface area contributed by atoms with Gasteiger partial charge in [0, 0.05) is 36.7 Å². The van der Waals surface area contributed by atoms with E-state index in [1.54, 1.807) is 21.9 Å². The molecule has 1 aliphatic heterocycles. The molecule has 2 aromatic carbocycles. The molecule has 0 saturated heterocycles. The third-order valence-corrected chi connectivity index (χ3v) is 6.56. The van der Waals surface area contributed by atoms with Gasteiger partial charge < -0.3 is 19.7 Å². The first-order valence-corrected chi connectivity index (χ1v) is 12.1. The zero-order valence-corrected chi connectivity index (χ0v) is 20.7. The molecule has 35 heavy (non-hydrogen) atoms. The molecular formula is C28H33FN4O2. The van der Waals surface area contributed by atoms with Gasteiger partial charge in [-0.2, -0.15) is 0 Å². The average Bonchev–Trinajstić information content (AvgIpc) is 3.31. The number of rotatable bonds is 6. The molecule has 1 unspecified atom stereocenters. The predicted octanol–water partition coefficient (Wildman–Crippen LogP) is 5.62. The van der Waals surface area contributed by atoms with Gasteiger partial charge in [0.15, 0.2) is 0 Å². The molecule has 0 bridgehead atoms. The predicted molar refractivity (Wildman–Crippen MR) is 136 cm³/mol. The fraction of sp³-hybridized carbons (Fsp3) is 0.357. The van der Waals surface area contributed by atoms with Gasteiger partial charge in [0.05, 0.1) is 6.04 Å². The van der Waals surface area contributed by atoms with Gasteiger partial charge in [0.1, 0.15) is 12.4 Å². The van der Waals surface area contributed by atoms with Crippen molar-refractivity contribution in [2.75, 3.05) is 18.4 Å². The first kappa shape index (κ1) is 24.5. The Morgan fingerprint density at radius 1 is 1.00 bits per heavy atom. The van der Waals surface area contributed by atoms with Crippen molar-refractivity contribution >= 4 is 17.6 Å². The van der Waals surface area contributed by atoms with Crippen LogP contribution in [0.5, 0.6) is 0 Å². The summed E-state index contributed by atoms with van der Waals surface area (Å²) in [5, 5.41) is 2.93. The highest BCUT2D eigenvalue weighted by Gasteiger charge is 2.34. The number of benzene rings is 2. The summed E-state index contributed by atoms with van der Waals surface area (Å²) in [6.45, 7) is 9.16. The molecule has 0 fully saturated rings. The largest absolute Gasteiger partial charge is 0.348 e. The Balaban J connectivity index is 1.53. The molecular weight excluding hydrogens is 443 g/mol. The van der Waals surface area contributed by atoms with Crippen LogP contribution in [0.4, 0.5) is 14.9 Å². The van der Waals surface area contributed by atoms with Crippen LogP contribution in [0.25, 0.3) is 0 Å². The number of nitrogens with zero attached hydrogens (tertiary/aromatic N) is 3. The van der Waals surface area contributed by atoms with Crippen LogP contribution in [-0.4, -0.2) is 45.4 Å². The summed E-state index contributed by atoms with van der Waals surface area (Å²) in [4.78, 5) is 30.1. The molecule has 184 valence electrons. The van der Waals surface area contributed by atoms with Crippen molar-refractivity contribution in [1.29, 1.82) is 0 Å². The summed E-state index contributed by atoms with van der Waals surface area (Å²) in [6, 6.07) is 17.2. The lowest BCUT2D eigenvalue weighted by atomic mass is 9.99. The number of aromatic nitrogens is 1. The van der Waals surface area contributed by atoms with E-state index >= 15 is 0 Å². The maximum Gasteiger partial charge on any atom is 0.322 e. The second kappa shape index (κ2) is 10.3. The summed E-state index contributed by atoms with van der Waals surface area (Å²) in [5.41, 5.74) is 3.70. The number of nitrogens with one attached hydrogen (secondary N) is 1. The topological polar surface area (TPSA) is 57.6 Å². The first-order valence-electron chi connectivity index (χ1n) is 12.1. The standard InChI is InChI=1S/C28H33FN4O2/c1-19(2)21-9-13-24(14-10-21)30-28(35)33(20(3)4)18-26(34)32-17-16-31-15-5-6-25(31)27(32)22-7-11-23(29)12-8-22/h5-15,19-20,27H,16-18H2,1-4H3,(H,30,35). The van der Waals surface area contributed by atoms with Crippen LogP contribution in [0.3, 0.4) is 0 Å². The fourth-order valence-corrected chi connectivity index (χ4v) is 4.52. The summed E-state index contributed by atoms with van der Waals surface area (Å²) >= 11 is 0. The van der Waals surface area contributed by atoms with Crippen molar-refractivity contribution in [1.82, 2.24) is 14.4 Å². The number of amides is 3. The number of hydrogen-bond acceptors (Lipinski definition) is 2. The number of fused-ring (bicyclic) bond motifs is 1. The van der Waals surface area contributed by atoms with Crippen molar-refractivity contribution in [3.05, 3.63) is 89.5 Å². The van der Waals surface area contributed by atoms with Crippen LogP contribution >= 0.6 is 0 Å². The van der Waals surface area contributed by atoms with Crippen molar-refractivity contribution in [3.63, 3.8) is 0 Å². The van der Waals surface area contributed by atoms with E-state index in [2.05, 4.69) is 23.7 Å². The number of carbonyl (C=O) groups excluding carboxylic acids is 2. The van der Waals surface area contributed by atoms with Crippen LogP contribution in [0.15, 0.2) is 66.9 Å². The van der Waals surface area contributed by atoms with Crippen LogP contribution in [0, 0.1) is 5.82 Å². The Labute approximate surface area is 206 Å². The number of carbonyl (C=O) groups is 2. The second-order valence-corrected chi connectivity index (χ2v) is 9.60. The van der Waals surface area contributed by atoms with E-state index in [0.29, 0.717) is 24.7 Å². The Hall–Kier alpha value is -3.61. The first-order chi connectivity index (χ1) is 16.7. The van der Waals surface area contributed by atoms with E-state index in [0.717, 1.165) is 11.3 Å². The van der Waals surface area contributed by atoms with Gasteiger partial charge in [0.2, 0.25) is 5.91 Å². The second-order valence-electron chi connectivity index (χ2n) is 9.60. The minimum Gasteiger partial charge on any atom is -0.348 e. The molecule has 0 aliphatic carbocycles. The van der Waals surface area contributed by atoms with E-state index in [4.69, 9.17) is 0 Å². The van der Waals surface area contributed by atoms with Gasteiger partial charge in [-0.1, -0.05) is 38.1 Å². The highest BCUT2D eigenvalue weighted by Crippen LogP contribution is 2.32. The van der Waals surface area contributed by atoms with E-state index in [1.807, 2.05) is 56.4 Å².